The Labute approximate surface area is 106 Å². The Morgan fingerprint density at radius 1 is 1.12 bits per heavy atom. The van der Waals surface area contributed by atoms with Gasteiger partial charge in [-0.3, -0.25) is 0 Å². The average Bonchev–Trinajstić information content (AvgIpc) is 2.95. The maximum atomic E-state index is 6.33. The highest BCUT2D eigenvalue weighted by atomic mass is 32.1. The first-order valence-electron chi connectivity index (χ1n) is 6.17. The second-order valence-electron chi connectivity index (χ2n) is 4.81. The van der Waals surface area contributed by atoms with Gasteiger partial charge in [0.2, 0.25) is 0 Å². The number of fused-ring (bicyclic) bond motifs is 1. The molecule has 0 aliphatic heterocycles. The lowest BCUT2D eigenvalue weighted by molar-refractivity contribution is 0.887. The highest BCUT2D eigenvalue weighted by Crippen LogP contribution is 2.30. The lowest BCUT2D eigenvalue weighted by Crippen LogP contribution is -2.10. The topological polar surface area (TPSA) is 26.0 Å². The number of nitrogens with two attached hydrogens (primary N) is 1. The molecule has 1 aliphatic rings. The zero-order valence-corrected chi connectivity index (χ0v) is 10.9. The minimum absolute atomic E-state index is 0.0413. The maximum absolute atomic E-state index is 6.33. The molecule has 0 saturated heterocycles. The van der Waals surface area contributed by atoms with E-state index in [0.717, 1.165) is 0 Å². The van der Waals surface area contributed by atoms with Crippen molar-refractivity contribution in [3.05, 3.63) is 56.8 Å². The van der Waals surface area contributed by atoms with Gasteiger partial charge in [0.05, 0.1) is 6.04 Å². The third-order valence-corrected chi connectivity index (χ3v) is 4.63. The van der Waals surface area contributed by atoms with Crippen molar-refractivity contribution in [2.75, 3.05) is 0 Å². The van der Waals surface area contributed by atoms with Crippen LogP contribution in [-0.2, 0) is 12.8 Å². The second kappa shape index (κ2) is 4.28. The van der Waals surface area contributed by atoms with Crippen LogP contribution in [-0.4, -0.2) is 0 Å². The van der Waals surface area contributed by atoms with Crippen LogP contribution in [0.15, 0.2) is 30.3 Å². The summed E-state index contributed by atoms with van der Waals surface area (Å²) in [5, 5.41) is 0. The summed E-state index contributed by atoms with van der Waals surface area (Å²) in [7, 11) is 0. The van der Waals surface area contributed by atoms with Crippen molar-refractivity contribution in [1.82, 2.24) is 0 Å². The molecule has 2 heteroatoms. The van der Waals surface area contributed by atoms with Gasteiger partial charge in [-0.05, 0) is 55.0 Å². The average molecular weight is 243 g/mol. The van der Waals surface area contributed by atoms with Crippen LogP contribution in [0.25, 0.3) is 0 Å². The Morgan fingerprint density at radius 3 is 2.71 bits per heavy atom. The summed E-state index contributed by atoms with van der Waals surface area (Å²) < 4.78 is 0. The SMILES string of the molecule is Cc1ccc(C(N)c2ccc3c(c2)CCC3)s1. The lowest BCUT2D eigenvalue weighted by atomic mass is 10.0. The van der Waals surface area contributed by atoms with Gasteiger partial charge in [-0.25, -0.2) is 0 Å². The molecule has 2 N–H and O–H groups in total. The fraction of sp³-hybridized carbons (Fsp3) is 0.333. The minimum Gasteiger partial charge on any atom is -0.320 e. The van der Waals surface area contributed by atoms with E-state index in [1.807, 2.05) is 0 Å². The lowest BCUT2D eigenvalue weighted by Gasteiger charge is -2.11. The molecule has 0 amide bonds. The molecule has 1 atom stereocenters. The predicted octanol–water partition coefficient (Wildman–Crippen LogP) is 3.59. The van der Waals surface area contributed by atoms with E-state index in [1.165, 1.54) is 45.7 Å². The molecule has 0 bridgehead atoms. The van der Waals surface area contributed by atoms with Gasteiger partial charge in [0, 0.05) is 9.75 Å². The predicted molar refractivity (Wildman–Crippen MR) is 73.6 cm³/mol. The fourth-order valence-electron chi connectivity index (χ4n) is 2.57. The van der Waals surface area contributed by atoms with Crippen molar-refractivity contribution in [3.63, 3.8) is 0 Å². The van der Waals surface area contributed by atoms with Crippen LogP contribution in [0.5, 0.6) is 0 Å². The summed E-state index contributed by atoms with van der Waals surface area (Å²) in [5.74, 6) is 0. The Morgan fingerprint density at radius 2 is 1.94 bits per heavy atom. The monoisotopic (exact) mass is 243 g/mol. The molecule has 2 aromatic rings. The number of benzene rings is 1. The zero-order valence-electron chi connectivity index (χ0n) is 10.1. The summed E-state index contributed by atoms with van der Waals surface area (Å²) in [6, 6.07) is 11.1. The largest absolute Gasteiger partial charge is 0.320 e. The molecule has 0 radical (unpaired) electrons. The molecule has 1 aromatic heterocycles. The molecule has 1 unspecified atom stereocenters. The fourth-order valence-corrected chi connectivity index (χ4v) is 3.48. The normalized spacial score (nSPS) is 15.9. The van der Waals surface area contributed by atoms with Crippen LogP contribution in [0, 0.1) is 6.92 Å². The van der Waals surface area contributed by atoms with E-state index in [0.29, 0.717) is 0 Å². The van der Waals surface area contributed by atoms with E-state index in [9.17, 15) is 0 Å². The first-order valence-corrected chi connectivity index (χ1v) is 6.99. The zero-order chi connectivity index (χ0) is 11.8. The van der Waals surface area contributed by atoms with Crippen molar-refractivity contribution in [2.45, 2.75) is 32.2 Å². The quantitative estimate of drug-likeness (QED) is 0.857. The van der Waals surface area contributed by atoms with Gasteiger partial charge in [-0.15, -0.1) is 11.3 Å². The van der Waals surface area contributed by atoms with Crippen molar-refractivity contribution < 1.29 is 0 Å². The van der Waals surface area contributed by atoms with E-state index in [-0.39, 0.29) is 6.04 Å². The first kappa shape index (κ1) is 11.0. The van der Waals surface area contributed by atoms with Gasteiger partial charge in [-0.1, -0.05) is 18.2 Å². The molecule has 17 heavy (non-hydrogen) atoms. The number of aryl methyl sites for hydroxylation is 3. The van der Waals surface area contributed by atoms with E-state index >= 15 is 0 Å². The van der Waals surface area contributed by atoms with Crippen LogP contribution in [0.1, 0.15) is 38.9 Å². The molecule has 1 heterocycles. The Balaban J connectivity index is 1.94. The number of hydrogen-bond donors (Lipinski definition) is 1. The number of hydrogen-bond acceptors (Lipinski definition) is 2. The molecular formula is C15H17NS. The molecule has 0 fully saturated rings. The first-order chi connectivity index (χ1) is 8.24. The van der Waals surface area contributed by atoms with Gasteiger partial charge in [0.1, 0.15) is 0 Å². The van der Waals surface area contributed by atoms with Gasteiger partial charge in [0.25, 0.3) is 0 Å². The van der Waals surface area contributed by atoms with Crippen molar-refractivity contribution in [1.29, 1.82) is 0 Å². The van der Waals surface area contributed by atoms with Crippen LogP contribution in [0.4, 0.5) is 0 Å². The molecular weight excluding hydrogens is 226 g/mol. The Hall–Kier alpha value is -1.12. The third kappa shape index (κ3) is 2.03. The molecule has 1 aromatic carbocycles. The van der Waals surface area contributed by atoms with Gasteiger partial charge in [-0.2, -0.15) is 0 Å². The molecule has 1 aliphatic carbocycles. The summed E-state index contributed by atoms with van der Waals surface area (Å²) >= 11 is 1.80. The van der Waals surface area contributed by atoms with Crippen molar-refractivity contribution >= 4 is 11.3 Å². The van der Waals surface area contributed by atoms with E-state index in [1.54, 1.807) is 11.3 Å². The highest BCUT2D eigenvalue weighted by molar-refractivity contribution is 7.12. The molecule has 88 valence electrons. The van der Waals surface area contributed by atoms with Crippen molar-refractivity contribution in [3.8, 4) is 0 Å². The standard InChI is InChI=1S/C15H17NS/c1-10-5-8-14(17-10)15(16)13-7-6-11-3-2-4-12(11)9-13/h5-9,15H,2-4,16H2,1H3. The molecule has 0 spiro atoms. The van der Waals surface area contributed by atoms with Crippen LogP contribution >= 0.6 is 11.3 Å². The summed E-state index contributed by atoms with van der Waals surface area (Å²) in [4.78, 5) is 2.59. The smallest absolute Gasteiger partial charge is 0.0646 e. The van der Waals surface area contributed by atoms with Gasteiger partial charge in [0.15, 0.2) is 0 Å². The molecule has 0 saturated carbocycles. The Bertz CT molecular complexity index is 542. The summed E-state index contributed by atoms with van der Waals surface area (Å²) in [6.07, 6.45) is 3.76. The third-order valence-electron chi connectivity index (χ3n) is 3.55. The van der Waals surface area contributed by atoms with E-state index in [4.69, 9.17) is 5.73 Å². The summed E-state index contributed by atoms with van der Waals surface area (Å²) in [5.41, 5.74) is 10.6. The second-order valence-corrected chi connectivity index (χ2v) is 6.13. The highest BCUT2D eigenvalue weighted by Gasteiger charge is 2.15. The minimum atomic E-state index is 0.0413. The molecule has 1 nitrogen and oxygen atoms in total. The van der Waals surface area contributed by atoms with E-state index in [2.05, 4.69) is 37.3 Å². The number of thiophene rings is 1. The van der Waals surface area contributed by atoms with Crippen LogP contribution < -0.4 is 5.73 Å². The van der Waals surface area contributed by atoms with Crippen LogP contribution in [0.2, 0.25) is 0 Å². The molecule has 3 rings (SSSR count). The van der Waals surface area contributed by atoms with Crippen molar-refractivity contribution in [2.24, 2.45) is 5.73 Å². The summed E-state index contributed by atoms with van der Waals surface area (Å²) in [6.45, 7) is 2.13. The Kier molecular flexibility index (Phi) is 2.77. The van der Waals surface area contributed by atoms with Crippen LogP contribution in [0.3, 0.4) is 0 Å². The van der Waals surface area contributed by atoms with E-state index < -0.39 is 0 Å². The maximum Gasteiger partial charge on any atom is 0.0646 e. The number of rotatable bonds is 2. The van der Waals surface area contributed by atoms with Gasteiger partial charge < -0.3 is 5.73 Å². The van der Waals surface area contributed by atoms with Gasteiger partial charge >= 0.3 is 0 Å².